The number of aromatic nitrogens is 1. The van der Waals surface area contributed by atoms with Gasteiger partial charge in [-0.2, -0.15) is 0 Å². The molecular formula is C27H31N3O5. The van der Waals surface area contributed by atoms with E-state index < -0.39 is 12.1 Å². The molecule has 2 unspecified atom stereocenters. The summed E-state index contributed by atoms with van der Waals surface area (Å²) >= 11 is 0. The first kappa shape index (κ1) is 23.2. The Bertz CT molecular complexity index is 1250. The van der Waals surface area contributed by atoms with Crippen LogP contribution in [0.1, 0.15) is 36.2 Å². The van der Waals surface area contributed by atoms with Crippen LogP contribution in [0.25, 0.3) is 10.9 Å². The van der Waals surface area contributed by atoms with Crippen molar-refractivity contribution in [2.24, 2.45) is 0 Å². The molecule has 184 valence electrons. The molecule has 8 nitrogen and oxygen atoms in total. The molecule has 1 N–H and O–H groups in total. The van der Waals surface area contributed by atoms with E-state index in [2.05, 4.69) is 11.1 Å². The van der Waals surface area contributed by atoms with Crippen LogP contribution in [-0.2, 0) is 20.7 Å². The molecule has 2 aliphatic heterocycles. The van der Waals surface area contributed by atoms with Crippen LogP contribution in [0.5, 0.6) is 11.5 Å². The number of para-hydroxylation sites is 1. The second-order valence-electron chi connectivity index (χ2n) is 8.94. The van der Waals surface area contributed by atoms with Gasteiger partial charge in [-0.1, -0.05) is 24.3 Å². The van der Waals surface area contributed by atoms with E-state index in [1.807, 2.05) is 43.3 Å². The predicted molar refractivity (Wildman–Crippen MR) is 132 cm³/mol. The van der Waals surface area contributed by atoms with Gasteiger partial charge in [0.25, 0.3) is 0 Å². The highest BCUT2D eigenvalue weighted by molar-refractivity contribution is 5.97. The topological polar surface area (TPSA) is 84.1 Å². The number of rotatable bonds is 8. The number of carbonyl (C=O) groups is 2. The molecule has 5 rings (SSSR count). The number of nitrogens with one attached hydrogen (secondary N) is 1. The van der Waals surface area contributed by atoms with Gasteiger partial charge in [0.15, 0.2) is 11.5 Å². The summed E-state index contributed by atoms with van der Waals surface area (Å²) in [5.41, 5.74) is 3.90. The fourth-order valence-corrected chi connectivity index (χ4v) is 5.39. The van der Waals surface area contributed by atoms with Crippen LogP contribution in [0.15, 0.2) is 42.5 Å². The van der Waals surface area contributed by atoms with Gasteiger partial charge in [-0.3, -0.25) is 9.59 Å². The average molecular weight is 478 g/mol. The number of amides is 2. The van der Waals surface area contributed by atoms with Crippen molar-refractivity contribution < 1.29 is 23.8 Å². The summed E-state index contributed by atoms with van der Waals surface area (Å²) in [4.78, 5) is 34.2. The van der Waals surface area contributed by atoms with E-state index in [0.29, 0.717) is 44.1 Å². The quantitative estimate of drug-likeness (QED) is 0.504. The summed E-state index contributed by atoms with van der Waals surface area (Å²) in [5, 5.41) is 1.09. The van der Waals surface area contributed by atoms with Crippen molar-refractivity contribution in [2.45, 2.75) is 31.8 Å². The SMILES string of the molecule is CCOc1ccc(C2c3[nH]c4ccccc4c3CC3C(=O)N(CCCOC)CC(=O)N32)cc1OC. The summed E-state index contributed by atoms with van der Waals surface area (Å²) in [6.45, 7) is 3.56. The second-order valence-corrected chi connectivity index (χ2v) is 8.94. The highest BCUT2D eigenvalue weighted by Crippen LogP contribution is 2.44. The number of fused-ring (bicyclic) bond motifs is 4. The summed E-state index contributed by atoms with van der Waals surface area (Å²) < 4.78 is 16.5. The molecule has 8 heteroatoms. The van der Waals surface area contributed by atoms with Gasteiger partial charge < -0.3 is 29.0 Å². The number of methoxy groups -OCH3 is 2. The Morgan fingerprint density at radius 2 is 1.91 bits per heavy atom. The molecule has 2 aromatic carbocycles. The smallest absolute Gasteiger partial charge is 0.246 e. The first-order chi connectivity index (χ1) is 17.1. The Balaban J connectivity index is 1.62. The van der Waals surface area contributed by atoms with E-state index in [4.69, 9.17) is 14.2 Å². The van der Waals surface area contributed by atoms with Crippen LogP contribution < -0.4 is 9.47 Å². The number of aromatic amines is 1. The van der Waals surface area contributed by atoms with Gasteiger partial charge in [0.2, 0.25) is 11.8 Å². The Labute approximate surface area is 204 Å². The molecule has 3 heterocycles. The fourth-order valence-electron chi connectivity index (χ4n) is 5.39. The van der Waals surface area contributed by atoms with Crippen LogP contribution in [0.4, 0.5) is 0 Å². The number of benzene rings is 2. The van der Waals surface area contributed by atoms with Crippen LogP contribution in [-0.4, -0.2) is 73.2 Å². The number of hydrogen-bond donors (Lipinski definition) is 1. The average Bonchev–Trinajstić information content (AvgIpc) is 3.24. The Morgan fingerprint density at radius 3 is 2.69 bits per heavy atom. The maximum Gasteiger partial charge on any atom is 0.246 e. The summed E-state index contributed by atoms with van der Waals surface area (Å²) in [5.74, 6) is 1.17. The van der Waals surface area contributed by atoms with Crippen molar-refractivity contribution in [1.82, 2.24) is 14.8 Å². The van der Waals surface area contributed by atoms with Crippen molar-refractivity contribution >= 4 is 22.7 Å². The van der Waals surface area contributed by atoms with Gasteiger partial charge >= 0.3 is 0 Å². The van der Waals surface area contributed by atoms with Crippen LogP contribution in [0.3, 0.4) is 0 Å². The predicted octanol–water partition coefficient (Wildman–Crippen LogP) is 3.30. The minimum Gasteiger partial charge on any atom is -0.493 e. The van der Waals surface area contributed by atoms with Crippen molar-refractivity contribution in [3.8, 4) is 11.5 Å². The van der Waals surface area contributed by atoms with Gasteiger partial charge in [0.05, 0.1) is 26.3 Å². The Kier molecular flexibility index (Phi) is 6.38. The van der Waals surface area contributed by atoms with Crippen molar-refractivity contribution in [3.05, 3.63) is 59.3 Å². The van der Waals surface area contributed by atoms with Crippen molar-refractivity contribution in [3.63, 3.8) is 0 Å². The van der Waals surface area contributed by atoms with Crippen LogP contribution >= 0.6 is 0 Å². The molecule has 2 atom stereocenters. The lowest BCUT2D eigenvalue weighted by Crippen LogP contribution is -2.63. The molecule has 0 aliphatic carbocycles. The minimum atomic E-state index is -0.562. The normalized spacial score (nSPS) is 19.6. The van der Waals surface area contributed by atoms with Crippen molar-refractivity contribution in [2.75, 3.05) is 40.5 Å². The van der Waals surface area contributed by atoms with E-state index in [1.165, 1.54) is 0 Å². The van der Waals surface area contributed by atoms with Gasteiger partial charge in [-0.25, -0.2) is 0 Å². The summed E-state index contributed by atoms with van der Waals surface area (Å²) in [6, 6.07) is 12.8. The van der Waals surface area contributed by atoms with E-state index >= 15 is 0 Å². The van der Waals surface area contributed by atoms with Gasteiger partial charge in [-0.05, 0) is 42.7 Å². The molecule has 0 bridgehead atoms. The van der Waals surface area contributed by atoms with E-state index in [-0.39, 0.29) is 18.4 Å². The Hall–Kier alpha value is -3.52. The molecule has 0 radical (unpaired) electrons. The number of piperazine rings is 1. The number of nitrogens with zero attached hydrogens (tertiary/aromatic N) is 2. The zero-order valence-electron chi connectivity index (χ0n) is 20.4. The molecule has 35 heavy (non-hydrogen) atoms. The number of hydrogen-bond acceptors (Lipinski definition) is 5. The summed E-state index contributed by atoms with van der Waals surface area (Å²) in [6.07, 6.45) is 1.18. The fraction of sp³-hybridized carbons (Fsp3) is 0.407. The third kappa shape index (κ3) is 4.01. The van der Waals surface area contributed by atoms with Gasteiger partial charge in [0, 0.05) is 43.3 Å². The maximum absolute atomic E-state index is 13.6. The van der Waals surface area contributed by atoms with E-state index in [1.54, 1.807) is 24.0 Å². The molecule has 2 amide bonds. The number of carbonyl (C=O) groups excluding carboxylic acids is 2. The van der Waals surface area contributed by atoms with Crippen molar-refractivity contribution in [1.29, 1.82) is 0 Å². The zero-order valence-corrected chi connectivity index (χ0v) is 20.4. The van der Waals surface area contributed by atoms with Gasteiger partial charge in [-0.15, -0.1) is 0 Å². The first-order valence-electron chi connectivity index (χ1n) is 12.1. The van der Waals surface area contributed by atoms with Crippen LogP contribution in [0, 0.1) is 0 Å². The molecule has 0 spiro atoms. The maximum atomic E-state index is 13.6. The minimum absolute atomic E-state index is 0.0143. The van der Waals surface area contributed by atoms with Crippen LogP contribution in [0.2, 0.25) is 0 Å². The zero-order chi connectivity index (χ0) is 24.5. The molecule has 1 saturated heterocycles. The lowest BCUT2D eigenvalue weighted by Gasteiger charge is -2.47. The third-order valence-electron chi connectivity index (χ3n) is 6.92. The molecule has 3 aromatic rings. The summed E-state index contributed by atoms with van der Waals surface area (Å²) in [7, 11) is 3.24. The molecular weight excluding hydrogens is 446 g/mol. The number of H-pyrrole nitrogens is 1. The monoisotopic (exact) mass is 477 g/mol. The standard InChI is InChI=1S/C27H31N3O5/c1-4-35-22-11-10-17(14-23(22)34-3)26-25-19(18-8-5-6-9-20(18)28-25)15-21-27(32)29(12-7-13-33-2)16-24(31)30(21)26/h5-6,8-11,14,21,26,28H,4,7,12-13,15-16H2,1-3H3. The van der Waals surface area contributed by atoms with Gasteiger partial charge in [0.1, 0.15) is 6.04 Å². The lowest BCUT2D eigenvalue weighted by molar-refractivity contribution is -0.158. The first-order valence-corrected chi connectivity index (χ1v) is 12.1. The lowest BCUT2D eigenvalue weighted by atomic mass is 9.86. The molecule has 1 aromatic heterocycles. The van der Waals surface area contributed by atoms with E-state index in [0.717, 1.165) is 27.7 Å². The third-order valence-corrected chi connectivity index (χ3v) is 6.92. The second kappa shape index (κ2) is 9.62. The molecule has 1 fully saturated rings. The number of ether oxygens (including phenoxy) is 3. The molecule has 2 aliphatic rings. The highest BCUT2D eigenvalue weighted by atomic mass is 16.5. The largest absolute Gasteiger partial charge is 0.493 e. The Morgan fingerprint density at radius 1 is 1.09 bits per heavy atom. The molecule has 0 saturated carbocycles. The highest BCUT2D eigenvalue weighted by Gasteiger charge is 2.48. The van der Waals surface area contributed by atoms with E-state index in [9.17, 15) is 9.59 Å².